The van der Waals surface area contributed by atoms with Gasteiger partial charge in [-0.05, 0) is 30.2 Å². The quantitative estimate of drug-likeness (QED) is 0.492. The summed E-state index contributed by atoms with van der Waals surface area (Å²) < 4.78 is 20.9. The normalized spacial score (nSPS) is 17.0. The number of ether oxygens (including phenoxy) is 1. The Labute approximate surface area is 177 Å². The van der Waals surface area contributed by atoms with Crippen LogP contribution in [0, 0.1) is 12.7 Å². The first kappa shape index (κ1) is 19.8. The Hall–Kier alpha value is -3.10. The van der Waals surface area contributed by atoms with Crippen LogP contribution in [0.5, 0.6) is 0 Å². The van der Waals surface area contributed by atoms with Gasteiger partial charge in [-0.2, -0.15) is 0 Å². The lowest BCUT2D eigenvalue weighted by molar-refractivity contribution is -0.157. The Morgan fingerprint density at radius 3 is 2.81 bits per heavy atom. The summed E-state index contributed by atoms with van der Waals surface area (Å²) in [6.07, 6.45) is -1.51. The van der Waals surface area contributed by atoms with Crippen LogP contribution in [0.3, 0.4) is 0 Å². The summed E-state index contributed by atoms with van der Waals surface area (Å²) in [5.41, 5.74) is 4.17. The Morgan fingerprint density at radius 2 is 2.06 bits per heavy atom. The summed E-state index contributed by atoms with van der Waals surface area (Å²) in [5.74, 6) is -1.12. The molecular weight excluding hydrogens is 401 g/mol. The van der Waals surface area contributed by atoms with Gasteiger partial charge in [0.05, 0.1) is 29.0 Å². The van der Waals surface area contributed by atoms with E-state index in [0.29, 0.717) is 35.6 Å². The van der Waals surface area contributed by atoms with Crippen LogP contribution in [0.15, 0.2) is 23.0 Å². The minimum Gasteiger partial charge on any atom is -0.458 e. The number of aromatic nitrogens is 2. The maximum atomic E-state index is 14.3. The molecule has 2 aromatic heterocycles. The van der Waals surface area contributed by atoms with Gasteiger partial charge in [0.25, 0.3) is 5.56 Å². The van der Waals surface area contributed by atoms with Crippen LogP contribution in [0.1, 0.15) is 47.8 Å². The molecule has 2 aliphatic rings. The van der Waals surface area contributed by atoms with Gasteiger partial charge in [0.2, 0.25) is 0 Å². The fourth-order valence-electron chi connectivity index (χ4n) is 4.35. The number of rotatable bonds is 3. The highest BCUT2D eigenvalue weighted by atomic mass is 19.1. The smallest absolute Gasteiger partial charge is 0.340 e. The van der Waals surface area contributed by atoms with Crippen molar-refractivity contribution >= 4 is 16.9 Å². The van der Waals surface area contributed by atoms with E-state index < -0.39 is 12.1 Å². The molecule has 7 nitrogen and oxygen atoms in total. The Balaban J connectivity index is 1.78. The molecule has 0 aliphatic carbocycles. The number of esters is 1. The summed E-state index contributed by atoms with van der Waals surface area (Å²) in [4.78, 5) is 29.7. The molecule has 5 rings (SSSR count). The number of nitrogens with one attached hydrogen (secondary N) is 1. The van der Waals surface area contributed by atoms with Crippen molar-refractivity contribution in [3.05, 3.63) is 62.2 Å². The highest BCUT2D eigenvalue weighted by molar-refractivity contribution is 5.89. The molecule has 3 aromatic rings. The largest absolute Gasteiger partial charge is 0.458 e. The molecule has 2 N–H and O–H groups in total. The molecule has 0 fully saturated rings. The van der Waals surface area contributed by atoms with Crippen molar-refractivity contribution in [1.82, 2.24) is 14.9 Å². The van der Waals surface area contributed by atoms with E-state index >= 15 is 0 Å². The lowest BCUT2D eigenvalue weighted by Crippen LogP contribution is -2.32. The summed E-state index contributed by atoms with van der Waals surface area (Å²) in [7, 11) is 0. The van der Waals surface area contributed by atoms with Crippen LogP contribution < -0.4 is 10.9 Å². The average molecular weight is 423 g/mol. The van der Waals surface area contributed by atoms with Gasteiger partial charge in [-0.25, -0.2) is 14.2 Å². The molecule has 0 saturated carbocycles. The SMILES string of the molecule is Cc1cc2c(CNC(C)C)c3c(nc2cc1F)-c1cc2c(c(=O)n1C3)COC(=O)[C@H]2O. The maximum absolute atomic E-state index is 14.3. The molecule has 1 aromatic carbocycles. The van der Waals surface area contributed by atoms with E-state index in [1.807, 2.05) is 13.8 Å². The van der Waals surface area contributed by atoms with Gasteiger partial charge < -0.3 is 19.7 Å². The van der Waals surface area contributed by atoms with Crippen LogP contribution in [0.2, 0.25) is 0 Å². The number of carbonyl (C=O) groups is 1. The molecule has 0 saturated heterocycles. The Morgan fingerprint density at radius 1 is 1.29 bits per heavy atom. The first-order chi connectivity index (χ1) is 14.8. The van der Waals surface area contributed by atoms with Gasteiger partial charge in [0.1, 0.15) is 12.4 Å². The number of nitrogens with zero attached hydrogens (tertiary/aromatic N) is 2. The number of halogens is 1. The van der Waals surface area contributed by atoms with Gasteiger partial charge >= 0.3 is 5.97 Å². The van der Waals surface area contributed by atoms with Crippen LogP contribution >= 0.6 is 0 Å². The fourth-order valence-corrected chi connectivity index (χ4v) is 4.35. The van der Waals surface area contributed by atoms with Gasteiger partial charge in [-0.3, -0.25) is 4.79 Å². The topological polar surface area (TPSA) is 93.5 Å². The molecule has 0 amide bonds. The Bertz CT molecular complexity index is 1330. The fraction of sp³-hybridized carbons (Fsp3) is 0.348. The molecule has 0 radical (unpaired) electrons. The lowest BCUT2D eigenvalue weighted by atomic mass is 9.97. The van der Waals surface area contributed by atoms with E-state index in [0.717, 1.165) is 16.5 Å². The Kier molecular flexibility index (Phi) is 4.46. The van der Waals surface area contributed by atoms with Crippen LogP contribution in [-0.4, -0.2) is 26.7 Å². The highest BCUT2D eigenvalue weighted by Gasteiger charge is 2.34. The van der Waals surface area contributed by atoms with E-state index in [2.05, 4.69) is 5.32 Å². The van der Waals surface area contributed by atoms with E-state index in [1.165, 1.54) is 6.07 Å². The number of fused-ring (bicyclic) bond motifs is 5. The second kappa shape index (κ2) is 6.96. The monoisotopic (exact) mass is 423 g/mol. The molecule has 4 heterocycles. The number of hydrogen-bond acceptors (Lipinski definition) is 6. The first-order valence-electron chi connectivity index (χ1n) is 10.2. The third-order valence-corrected chi connectivity index (χ3v) is 6.04. The highest BCUT2D eigenvalue weighted by Crippen LogP contribution is 2.38. The lowest BCUT2D eigenvalue weighted by Gasteiger charge is -2.21. The average Bonchev–Trinajstić information content (AvgIpc) is 3.08. The molecule has 31 heavy (non-hydrogen) atoms. The molecule has 8 heteroatoms. The van der Waals surface area contributed by atoms with E-state index in [9.17, 15) is 19.1 Å². The van der Waals surface area contributed by atoms with Crippen molar-refractivity contribution in [3.63, 3.8) is 0 Å². The number of carbonyl (C=O) groups excluding carboxylic acids is 1. The predicted octanol–water partition coefficient (Wildman–Crippen LogP) is 2.46. The van der Waals surface area contributed by atoms with Crippen molar-refractivity contribution in [3.8, 4) is 11.4 Å². The minimum absolute atomic E-state index is 0.164. The van der Waals surface area contributed by atoms with E-state index in [4.69, 9.17) is 9.72 Å². The zero-order chi connectivity index (χ0) is 22.0. The molecule has 0 unspecified atom stereocenters. The number of cyclic esters (lactones) is 1. The van der Waals surface area contributed by atoms with Crippen molar-refractivity contribution < 1.29 is 19.0 Å². The molecule has 2 aliphatic heterocycles. The van der Waals surface area contributed by atoms with Crippen LogP contribution in [0.4, 0.5) is 4.39 Å². The van der Waals surface area contributed by atoms with Gasteiger partial charge in [0, 0.05) is 35.2 Å². The van der Waals surface area contributed by atoms with Crippen molar-refractivity contribution in [2.45, 2.75) is 52.6 Å². The van der Waals surface area contributed by atoms with Gasteiger partial charge in [-0.15, -0.1) is 0 Å². The zero-order valence-corrected chi connectivity index (χ0v) is 17.5. The number of aliphatic hydroxyl groups excluding tert-OH is 1. The molecule has 0 bridgehead atoms. The number of aryl methyl sites for hydroxylation is 1. The third-order valence-electron chi connectivity index (χ3n) is 6.04. The number of benzene rings is 1. The summed E-state index contributed by atoms with van der Waals surface area (Å²) in [6, 6.07) is 5.08. The minimum atomic E-state index is -1.51. The standard InChI is InChI=1S/C23H22FN3O4/c1-10(2)25-7-14-12-4-11(3)17(24)6-18(12)26-20-15(14)8-27-19(20)5-13-16(22(27)29)9-31-23(30)21(13)28/h4-6,10,21,25,28H,7-9H2,1-3H3/t21-/m0/s1. The summed E-state index contributed by atoms with van der Waals surface area (Å²) in [5, 5.41) is 14.5. The predicted molar refractivity (Wildman–Crippen MR) is 112 cm³/mol. The van der Waals surface area contributed by atoms with Gasteiger partial charge in [0.15, 0.2) is 6.10 Å². The molecular formula is C23H22FN3O4. The maximum Gasteiger partial charge on any atom is 0.340 e. The van der Waals surface area contributed by atoms with E-state index in [-0.39, 0.29) is 35.2 Å². The molecule has 1 atom stereocenters. The van der Waals surface area contributed by atoms with Crippen LogP contribution in [-0.2, 0) is 29.2 Å². The second-order valence-electron chi connectivity index (χ2n) is 8.44. The second-order valence-corrected chi connectivity index (χ2v) is 8.44. The third kappa shape index (κ3) is 2.97. The van der Waals surface area contributed by atoms with Crippen molar-refractivity contribution in [2.75, 3.05) is 0 Å². The number of aliphatic hydroxyl groups is 1. The summed E-state index contributed by atoms with van der Waals surface area (Å²) in [6.45, 7) is 6.49. The van der Waals surface area contributed by atoms with Gasteiger partial charge in [-0.1, -0.05) is 13.8 Å². The molecule has 0 spiro atoms. The summed E-state index contributed by atoms with van der Waals surface area (Å²) >= 11 is 0. The van der Waals surface area contributed by atoms with Crippen molar-refractivity contribution in [2.24, 2.45) is 0 Å². The number of hydrogen-bond donors (Lipinski definition) is 2. The van der Waals surface area contributed by atoms with Crippen molar-refractivity contribution in [1.29, 1.82) is 0 Å². The van der Waals surface area contributed by atoms with Crippen LogP contribution in [0.25, 0.3) is 22.3 Å². The molecule has 160 valence electrons. The first-order valence-corrected chi connectivity index (χ1v) is 10.2. The van der Waals surface area contributed by atoms with E-state index in [1.54, 1.807) is 23.6 Å². The zero-order valence-electron chi connectivity index (χ0n) is 17.5. The number of pyridine rings is 2.